The highest BCUT2D eigenvalue weighted by atomic mass is 32.2. The van der Waals surface area contributed by atoms with Gasteiger partial charge < -0.3 is 19.9 Å². The topological polar surface area (TPSA) is 259 Å². The van der Waals surface area contributed by atoms with E-state index < -0.39 is 42.1 Å². The molecule has 16 nitrogen and oxygen atoms in total. The number of aryl methyl sites for hydroxylation is 4. The lowest BCUT2D eigenvalue weighted by Crippen LogP contribution is -2.16. The summed E-state index contributed by atoms with van der Waals surface area (Å²) in [6, 6.07) is 33.2. The number of rotatable bonds is 13. The molecule has 0 spiro atoms. The van der Waals surface area contributed by atoms with Crippen molar-refractivity contribution in [2.75, 3.05) is 14.8 Å². The minimum atomic E-state index is -4.72. The third-order valence-electron chi connectivity index (χ3n) is 11.0. The van der Waals surface area contributed by atoms with Crippen LogP contribution in [-0.2, 0) is 30.2 Å². The van der Waals surface area contributed by atoms with E-state index >= 15 is 0 Å². The highest BCUT2D eigenvalue weighted by Crippen LogP contribution is 2.43. The molecule has 0 unspecified atom stereocenters. The van der Waals surface area contributed by atoms with Gasteiger partial charge in [-0.25, -0.2) is 31.4 Å². The molecule has 1 aliphatic heterocycles. The van der Waals surface area contributed by atoms with E-state index in [0.717, 1.165) is 0 Å². The quantitative estimate of drug-likeness (QED) is 0.0465. The van der Waals surface area contributed by atoms with Crippen molar-refractivity contribution in [3.8, 4) is 22.5 Å². The van der Waals surface area contributed by atoms with Gasteiger partial charge in [0.1, 0.15) is 16.2 Å². The molecule has 6 N–H and O–H groups in total. The largest absolute Gasteiger partial charge is 0.478 e. The Morgan fingerprint density at radius 1 is 0.574 bits per heavy atom. The lowest BCUT2D eigenvalue weighted by atomic mass is 9.93. The first kappa shape index (κ1) is 46.7. The zero-order valence-corrected chi connectivity index (χ0v) is 38.8. The van der Waals surface area contributed by atoms with Gasteiger partial charge in [-0.15, -0.1) is 0 Å². The fourth-order valence-electron chi connectivity index (χ4n) is 7.94. The monoisotopic (exact) mass is 972 g/mol. The lowest BCUT2D eigenvalue weighted by Gasteiger charge is -2.19. The third-order valence-corrected chi connectivity index (χ3v) is 14.6. The number of sulfonamides is 2. The molecule has 0 fully saturated rings. The van der Waals surface area contributed by atoms with E-state index in [9.17, 15) is 49.6 Å². The predicted octanol–water partition coefficient (Wildman–Crippen LogP) is 9.66. The average molecular weight is 973 g/mol. The van der Waals surface area contributed by atoms with E-state index in [1.165, 1.54) is 84.9 Å². The highest BCUT2D eigenvalue weighted by molar-refractivity contribution is 7.93. The van der Waals surface area contributed by atoms with Crippen molar-refractivity contribution in [1.29, 1.82) is 0 Å². The molecule has 346 valence electrons. The summed E-state index contributed by atoms with van der Waals surface area (Å²) in [5.74, 6) is -2.32. The molecule has 0 bridgehead atoms. The van der Waals surface area contributed by atoms with Gasteiger partial charge in [0.05, 0.1) is 43.3 Å². The van der Waals surface area contributed by atoms with Crippen molar-refractivity contribution in [3.05, 3.63) is 172 Å². The number of hydrogen-bond donors (Lipinski definition) is 6. The molecule has 1 aliphatic carbocycles. The predicted molar refractivity (Wildman–Crippen MR) is 257 cm³/mol. The van der Waals surface area contributed by atoms with Crippen LogP contribution in [0.4, 0.5) is 28.4 Å². The van der Waals surface area contributed by atoms with Crippen LogP contribution in [0.25, 0.3) is 33.4 Å². The van der Waals surface area contributed by atoms with Crippen LogP contribution in [0.15, 0.2) is 158 Å². The zero-order valence-electron chi connectivity index (χ0n) is 36.4. The van der Waals surface area contributed by atoms with Gasteiger partial charge >= 0.3 is 11.9 Å². The fourth-order valence-corrected chi connectivity index (χ4v) is 11.1. The number of nitrogens with zero attached hydrogens (tertiary/aromatic N) is 1. The van der Waals surface area contributed by atoms with Gasteiger partial charge in [-0.1, -0.05) is 42.5 Å². The van der Waals surface area contributed by atoms with E-state index in [0.29, 0.717) is 61.2 Å². The molecule has 68 heavy (non-hydrogen) atoms. The Hall–Kier alpha value is -7.84. The Bertz CT molecular complexity index is 3750. The van der Waals surface area contributed by atoms with Crippen LogP contribution in [-0.4, -0.2) is 52.0 Å². The van der Waals surface area contributed by atoms with Gasteiger partial charge in [-0.2, -0.15) is 8.42 Å². The fraction of sp³-hybridized carbons (Fsp3) is 0.0816. The van der Waals surface area contributed by atoms with Crippen LogP contribution in [0, 0.1) is 27.7 Å². The van der Waals surface area contributed by atoms with Crippen molar-refractivity contribution in [2.24, 2.45) is 4.99 Å². The van der Waals surface area contributed by atoms with E-state index in [2.05, 4.69) is 14.8 Å². The standard InChI is InChI=1S/C49H40N4O12S3/c1-27-21-33(66(58,59)52-40-14-8-5-11-35(40)48(54)55)22-28(2)46(27)50-31-17-19-37-42(25-31)65-43-26-32(18-20-38(43)45(37)39-13-7-10-16-44(39)68(62,63)64)51-47-29(3)23-34(24-30(47)4)67(60,61)53-41-15-9-6-12-36(41)49(56)57/h5-26,50,52-53H,1-4H3,(H,54,55)(H,56,57)(H,62,63,64). The second-order valence-corrected chi connectivity index (χ2v) is 20.6. The van der Waals surface area contributed by atoms with Crippen LogP contribution < -0.4 is 20.1 Å². The maximum atomic E-state index is 13.5. The van der Waals surface area contributed by atoms with Crippen molar-refractivity contribution in [1.82, 2.24) is 0 Å². The van der Waals surface area contributed by atoms with Gasteiger partial charge in [0.2, 0.25) is 0 Å². The molecule has 1 heterocycles. The summed E-state index contributed by atoms with van der Waals surface area (Å²) in [7, 11) is -13.2. The number of aromatic carboxylic acids is 2. The molecule has 0 radical (unpaired) electrons. The Labute approximate surface area is 390 Å². The van der Waals surface area contributed by atoms with Crippen molar-refractivity contribution >= 4 is 81.5 Å². The second-order valence-electron chi connectivity index (χ2n) is 15.8. The van der Waals surface area contributed by atoms with Crippen LogP contribution >= 0.6 is 0 Å². The number of carboxylic acid groups (broad SMARTS) is 2. The minimum Gasteiger partial charge on any atom is -0.478 e. The van der Waals surface area contributed by atoms with Crippen LogP contribution in [0.3, 0.4) is 0 Å². The lowest BCUT2D eigenvalue weighted by molar-refractivity contribution is 0.0687. The zero-order chi connectivity index (χ0) is 48.9. The van der Waals surface area contributed by atoms with E-state index in [4.69, 9.17) is 9.41 Å². The molecular weight excluding hydrogens is 933 g/mol. The summed E-state index contributed by atoms with van der Waals surface area (Å²) in [5, 5.41) is 23.4. The van der Waals surface area contributed by atoms with E-state index in [-0.39, 0.29) is 54.1 Å². The Morgan fingerprint density at radius 2 is 1.09 bits per heavy atom. The molecule has 0 saturated heterocycles. The molecule has 0 aromatic heterocycles. The number of benzene rings is 7. The molecular formula is C49H40N4O12S3. The number of hydrogen-bond acceptors (Lipinski definition) is 11. The van der Waals surface area contributed by atoms with Gasteiger partial charge in [-0.3, -0.25) is 14.0 Å². The normalized spacial score (nSPS) is 12.3. The Balaban J connectivity index is 1.20. The Kier molecular flexibility index (Phi) is 12.2. The van der Waals surface area contributed by atoms with Crippen molar-refractivity contribution < 1.29 is 54.0 Å². The maximum Gasteiger partial charge on any atom is 0.337 e. The summed E-state index contributed by atoms with van der Waals surface area (Å²) < 4.78 is 101. The third kappa shape index (κ3) is 9.27. The van der Waals surface area contributed by atoms with Crippen LogP contribution in [0.2, 0.25) is 0 Å². The number of para-hydroxylation sites is 2. The maximum absolute atomic E-state index is 13.5. The first-order valence-corrected chi connectivity index (χ1v) is 24.8. The SMILES string of the molecule is Cc1cc(S(=O)(=O)Nc2ccccc2C(=O)O)cc(C)c1N=c1ccc2c(-c3ccccc3S(=O)(=O)O)c3ccc(Nc4c(C)cc(S(=O)(=O)Nc5ccccc5C(=O)O)cc4C)cc3oc-2c1. The number of anilines is 4. The van der Waals surface area contributed by atoms with Crippen molar-refractivity contribution in [3.63, 3.8) is 0 Å². The van der Waals surface area contributed by atoms with Crippen LogP contribution in [0.1, 0.15) is 43.0 Å². The molecule has 0 saturated carbocycles. The minimum absolute atomic E-state index is 0.0889. The van der Waals surface area contributed by atoms with Gasteiger partial charge in [-0.05, 0) is 129 Å². The van der Waals surface area contributed by atoms with Gasteiger partial charge in [0.15, 0.2) is 0 Å². The van der Waals surface area contributed by atoms with E-state index in [1.807, 2.05) is 0 Å². The molecule has 0 amide bonds. The summed E-state index contributed by atoms with van der Waals surface area (Å²) in [6.07, 6.45) is 0. The number of carbonyl (C=O) groups is 2. The van der Waals surface area contributed by atoms with Crippen molar-refractivity contribution in [2.45, 2.75) is 42.4 Å². The molecule has 19 heteroatoms. The van der Waals surface area contributed by atoms with Gasteiger partial charge in [0, 0.05) is 45.6 Å². The molecule has 0 atom stereocenters. The smallest absolute Gasteiger partial charge is 0.337 e. The molecule has 6 aromatic carbocycles. The van der Waals surface area contributed by atoms with Crippen LogP contribution in [0.5, 0.6) is 0 Å². The first-order valence-electron chi connectivity index (χ1n) is 20.4. The first-order chi connectivity index (χ1) is 32.1. The summed E-state index contributed by atoms with van der Waals surface area (Å²) in [6.45, 7) is 6.79. The highest BCUT2D eigenvalue weighted by Gasteiger charge is 2.26. The summed E-state index contributed by atoms with van der Waals surface area (Å²) in [4.78, 5) is 27.8. The number of carboxylic acids is 2. The molecule has 2 aliphatic rings. The summed E-state index contributed by atoms with van der Waals surface area (Å²) >= 11 is 0. The molecule has 6 aromatic rings. The molecule has 8 rings (SSSR count). The second kappa shape index (κ2) is 17.8. The Morgan fingerprint density at radius 3 is 1.63 bits per heavy atom. The number of fused-ring (bicyclic) bond motifs is 2. The van der Waals surface area contributed by atoms with E-state index in [1.54, 1.807) is 76.2 Å². The number of nitrogens with one attached hydrogen (secondary N) is 3. The summed E-state index contributed by atoms with van der Waals surface area (Å²) in [5.41, 5.74) is 4.34. The van der Waals surface area contributed by atoms with Gasteiger partial charge in [0.25, 0.3) is 30.2 Å². The average Bonchev–Trinajstić information content (AvgIpc) is 3.27.